The predicted octanol–water partition coefficient (Wildman–Crippen LogP) is 2.59. The Kier molecular flexibility index (Phi) is 4.79. The molecule has 1 saturated heterocycles. The second-order valence-corrected chi connectivity index (χ2v) is 6.41. The molecule has 1 N–H and O–H groups in total. The minimum Gasteiger partial charge on any atom is -0.351 e. The SMILES string of the molecule is Cc1ccc2nc(C)c(C(=O)NCCC(=O)N3CCCC3)cc2c1. The van der Waals surface area contributed by atoms with Gasteiger partial charge in [0.1, 0.15) is 0 Å². The van der Waals surface area contributed by atoms with Gasteiger partial charge in [0.2, 0.25) is 5.91 Å². The third-order valence-electron chi connectivity index (χ3n) is 4.49. The number of fused-ring (bicyclic) bond motifs is 1. The number of amides is 2. The van der Waals surface area contributed by atoms with Crippen LogP contribution < -0.4 is 5.32 Å². The fourth-order valence-corrected chi connectivity index (χ4v) is 3.12. The molecule has 1 fully saturated rings. The first-order valence-corrected chi connectivity index (χ1v) is 8.48. The normalized spacial score (nSPS) is 14.2. The van der Waals surface area contributed by atoms with E-state index >= 15 is 0 Å². The molecule has 1 aliphatic heterocycles. The Morgan fingerprint density at radius 2 is 1.92 bits per heavy atom. The smallest absolute Gasteiger partial charge is 0.253 e. The van der Waals surface area contributed by atoms with Crippen molar-refractivity contribution < 1.29 is 9.59 Å². The van der Waals surface area contributed by atoms with Gasteiger partial charge in [-0.25, -0.2) is 0 Å². The van der Waals surface area contributed by atoms with Gasteiger partial charge in [-0.2, -0.15) is 0 Å². The van der Waals surface area contributed by atoms with E-state index in [1.807, 2.05) is 43.0 Å². The maximum atomic E-state index is 12.4. The van der Waals surface area contributed by atoms with E-state index in [0.29, 0.717) is 24.2 Å². The van der Waals surface area contributed by atoms with Crippen molar-refractivity contribution >= 4 is 22.7 Å². The summed E-state index contributed by atoms with van der Waals surface area (Å²) in [5.74, 6) is -0.0468. The fraction of sp³-hybridized carbons (Fsp3) is 0.421. The van der Waals surface area contributed by atoms with E-state index in [2.05, 4.69) is 10.3 Å². The van der Waals surface area contributed by atoms with Gasteiger partial charge < -0.3 is 10.2 Å². The molecule has 0 bridgehead atoms. The maximum Gasteiger partial charge on any atom is 0.253 e. The summed E-state index contributed by atoms with van der Waals surface area (Å²) in [6.45, 7) is 5.91. The number of rotatable bonds is 4. The summed E-state index contributed by atoms with van der Waals surface area (Å²) >= 11 is 0. The summed E-state index contributed by atoms with van der Waals surface area (Å²) < 4.78 is 0. The van der Waals surface area contributed by atoms with Gasteiger partial charge in [0, 0.05) is 31.4 Å². The van der Waals surface area contributed by atoms with Crippen LogP contribution >= 0.6 is 0 Å². The number of carbonyl (C=O) groups excluding carboxylic acids is 2. The molecule has 0 atom stereocenters. The van der Waals surface area contributed by atoms with Crippen LogP contribution in [0.3, 0.4) is 0 Å². The lowest BCUT2D eigenvalue weighted by molar-refractivity contribution is -0.129. The van der Waals surface area contributed by atoms with Crippen molar-refractivity contribution in [1.82, 2.24) is 15.2 Å². The largest absolute Gasteiger partial charge is 0.351 e. The number of aryl methyl sites for hydroxylation is 2. The molecule has 0 spiro atoms. The average molecular weight is 325 g/mol. The van der Waals surface area contributed by atoms with E-state index < -0.39 is 0 Å². The third-order valence-corrected chi connectivity index (χ3v) is 4.49. The van der Waals surface area contributed by atoms with Gasteiger partial charge in [-0.1, -0.05) is 11.6 Å². The number of nitrogens with zero attached hydrogens (tertiary/aromatic N) is 2. The second kappa shape index (κ2) is 6.99. The molecule has 1 aromatic heterocycles. The van der Waals surface area contributed by atoms with Crippen molar-refractivity contribution in [2.75, 3.05) is 19.6 Å². The molecule has 3 rings (SSSR count). The van der Waals surface area contributed by atoms with Gasteiger partial charge in [0.05, 0.1) is 16.8 Å². The number of benzene rings is 1. The molecule has 0 aliphatic carbocycles. The molecule has 5 nitrogen and oxygen atoms in total. The summed E-state index contributed by atoms with van der Waals surface area (Å²) in [6, 6.07) is 7.88. The van der Waals surface area contributed by atoms with Gasteiger partial charge in [-0.05, 0) is 44.9 Å². The molecule has 0 radical (unpaired) electrons. The van der Waals surface area contributed by atoms with E-state index in [1.165, 1.54) is 0 Å². The first-order valence-electron chi connectivity index (χ1n) is 8.48. The molecule has 5 heteroatoms. The van der Waals surface area contributed by atoms with Crippen molar-refractivity contribution in [3.63, 3.8) is 0 Å². The van der Waals surface area contributed by atoms with Crippen LogP contribution in [0.2, 0.25) is 0 Å². The quantitative estimate of drug-likeness (QED) is 0.940. The summed E-state index contributed by atoms with van der Waals surface area (Å²) in [7, 11) is 0. The average Bonchev–Trinajstić information content (AvgIpc) is 3.09. The molecule has 24 heavy (non-hydrogen) atoms. The molecule has 0 unspecified atom stereocenters. The lowest BCUT2D eigenvalue weighted by Gasteiger charge is -2.15. The van der Waals surface area contributed by atoms with E-state index in [9.17, 15) is 9.59 Å². The second-order valence-electron chi connectivity index (χ2n) is 6.41. The molecule has 1 aromatic carbocycles. The van der Waals surface area contributed by atoms with Gasteiger partial charge >= 0.3 is 0 Å². The number of aromatic nitrogens is 1. The highest BCUT2D eigenvalue weighted by Gasteiger charge is 2.18. The maximum absolute atomic E-state index is 12.4. The van der Waals surface area contributed by atoms with E-state index in [4.69, 9.17) is 0 Å². The molecule has 0 saturated carbocycles. The van der Waals surface area contributed by atoms with Crippen molar-refractivity contribution in [1.29, 1.82) is 0 Å². The van der Waals surface area contributed by atoms with Gasteiger partial charge in [-0.15, -0.1) is 0 Å². The highest BCUT2D eigenvalue weighted by atomic mass is 16.2. The predicted molar refractivity (Wildman–Crippen MR) is 94.0 cm³/mol. The third kappa shape index (κ3) is 3.55. The highest BCUT2D eigenvalue weighted by Crippen LogP contribution is 2.18. The first-order chi connectivity index (χ1) is 11.5. The number of hydrogen-bond acceptors (Lipinski definition) is 3. The molecule has 2 heterocycles. The number of hydrogen-bond donors (Lipinski definition) is 1. The number of carbonyl (C=O) groups is 2. The number of nitrogens with one attached hydrogen (secondary N) is 1. The van der Waals surface area contributed by atoms with Crippen molar-refractivity contribution in [3.05, 3.63) is 41.1 Å². The van der Waals surface area contributed by atoms with Gasteiger partial charge in [0.15, 0.2) is 0 Å². The lowest BCUT2D eigenvalue weighted by Crippen LogP contribution is -2.33. The van der Waals surface area contributed by atoms with Crippen LogP contribution in [0.5, 0.6) is 0 Å². The molecule has 2 aromatic rings. The van der Waals surface area contributed by atoms with Crippen LogP contribution in [-0.2, 0) is 4.79 Å². The molecule has 2 amide bonds. The minimum absolute atomic E-state index is 0.122. The van der Waals surface area contributed by atoms with Crippen molar-refractivity contribution in [3.8, 4) is 0 Å². The van der Waals surface area contributed by atoms with Crippen LogP contribution in [0.1, 0.15) is 40.9 Å². The summed E-state index contributed by atoms with van der Waals surface area (Å²) in [6.07, 6.45) is 2.52. The van der Waals surface area contributed by atoms with Crippen LogP contribution in [0.15, 0.2) is 24.3 Å². The Balaban J connectivity index is 1.65. The highest BCUT2D eigenvalue weighted by molar-refractivity contribution is 5.98. The first kappa shape index (κ1) is 16.4. The zero-order valence-corrected chi connectivity index (χ0v) is 14.3. The van der Waals surface area contributed by atoms with Gasteiger partial charge in [0.25, 0.3) is 5.91 Å². The standard InChI is InChI=1S/C19H23N3O2/c1-13-5-6-17-15(11-13)12-16(14(2)21-17)19(24)20-8-7-18(23)22-9-3-4-10-22/h5-6,11-12H,3-4,7-10H2,1-2H3,(H,20,24). The number of likely N-dealkylation sites (tertiary alicyclic amines) is 1. The van der Waals surface area contributed by atoms with E-state index in [-0.39, 0.29) is 11.8 Å². The van der Waals surface area contributed by atoms with E-state index in [0.717, 1.165) is 42.4 Å². The topological polar surface area (TPSA) is 62.3 Å². The monoisotopic (exact) mass is 325 g/mol. The Morgan fingerprint density at radius 1 is 1.17 bits per heavy atom. The fourth-order valence-electron chi connectivity index (χ4n) is 3.12. The van der Waals surface area contributed by atoms with Crippen molar-refractivity contribution in [2.24, 2.45) is 0 Å². The number of pyridine rings is 1. The Bertz CT molecular complexity index is 780. The lowest BCUT2D eigenvalue weighted by atomic mass is 10.1. The van der Waals surface area contributed by atoms with Crippen LogP contribution in [0.4, 0.5) is 0 Å². The Hall–Kier alpha value is -2.43. The zero-order chi connectivity index (χ0) is 17.1. The van der Waals surface area contributed by atoms with E-state index in [1.54, 1.807) is 0 Å². The van der Waals surface area contributed by atoms with Crippen LogP contribution in [-0.4, -0.2) is 41.3 Å². The van der Waals surface area contributed by atoms with Gasteiger partial charge in [-0.3, -0.25) is 14.6 Å². The summed E-state index contributed by atoms with van der Waals surface area (Å²) in [5, 5.41) is 3.80. The molecular weight excluding hydrogens is 302 g/mol. The Labute approximate surface area is 142 Å². The molecule has 1 aliphatic rings. The van der Waals surface area contributed by atoms with Crippen molar-refractivity contribution in [2.45, 2.75) is 33.1 Å². The van der Waals surface area contributed by atoms with Crippen LogP contribution in [0.25, 0.3) is 10.9 Å². The summed E-state index contributed by atoms with van der Waals surface area (Å²) in [5.41, 5.74) is 3.30. The zero-order valence-electron chi connectivity index (χ0n) is 14.3. The molecular formula is C19H23N3O2. The minimum atomic E-state index is -0.169. The van der Waals surface area contributed by atoms with Crippen LogP contribution in [0, 0.1) is 13.8 Å². The Morgan fingerprint density at radius 3 is 2.67 bits per heavy atom. The molecule has 126 valence electrons. The summed E-state index contributed by atoms with van der Waals surface area (Å²) in [4.78, 5) is 30.8.